The summed E-state index contributed by atoms with van der Waals surface area (Å²) in [5.74, 6) is -0.0303. The molecule has 0 aliphatic carbocycles. The highest BCUT2D eigenvalue weighted by Crippen LogP contribution is 2.08. The predicted octanol–water partition coefficient (Wildman–Crippen LogP) is 1.89. The number of carbonyl (C=O) groups excluding carboxylic acids is 2. The molecule has 1 aliphatic heterocycles. The van der Waals surface area contributed by atoms with E-state index in [0.29, 0.717) is 17.8 Å². The van der Waals surface area contributed by atoms with Crippen LogP contribution in [0.2, 0.25) is 0 Å². The summed E-state index contributed by atoms with van der Waals surface area (Å²) in [4.78, 5) is 27.4. The number of hydrogen-bond acceptors (Lipinski definition) is 4. The lowest BCUT2D eigenvalue weighted by molar-refractivity contribution is 0.0146. The first kappa shape index (κ1) is 17.3. The fourth-order valence-electron chi connectivity index (χ4n) is 2.17. The van der Waals surface area contributed by atoms with E-state index in [-0.39, 0.29) is 19.1 Å². The van der Waals surface area contributed by atoms with Crippen molar-refractivity contribution in [2.75, 3.05) is 40.0 Å². The van der Waals surface area contributed by atoms with Crippen molar-refractivity contribution in [3.05, 3.63) is 35.4 Å². The van der Waals surface area contributed by atoms with Gasteiger partial charge in [0.1, 0.15) is 0 Å². The molecule has 1 amide bonds. The van der Waals surface area contributed by atoms with Crippen LogP contribution in [0.25, 0.3) is 0 Å². The number of hydrogen-bond donors (Lipinski definition) is 0. The van der Waals surface area contributed by atoms with Crippen LogP contribution < -0.4 is 0 Å². The number of ketones is 1. The SMILES string of the molecule is C.CC(=O)c1ccc(C(=O)N(C)CN2CCOCC2)cc1. The Morgan fingerprint density at radius 3 is 2.19 bits per heavy atom. The van der Waals surface area contributed by atoms with E-state index < -0.39 is 0 Å². The molecule has 0 N–H and O–H groups in total. The van der Waals surface area contributed by atoms with Gasteiger partial charge in [-0.2, -0.15) is 0 Å². The smallest absolute Gasteiger partial charge is 0.254 e. The molecule has 1 heterocycles. The molecule has 21 heavy (non-hydrogen) atoms. The molecule has 1 aromatic carbocycles. The maximum atomic E-state index is 12.3. The predicted molar refractivity (Wildman–Crippen MR) is 82.5 cm³/mol. The molecule has 1 aliphatic rings. The second kappa shape index (κ2) is 7.90. The number of nitrogens with zero attached hydrogens (tertiary/aromatic N) is 2. The van der Waals surface area contributed by atoms with Gasteiger partial charge in [-0.15, -0.1) is 0 Å². The topological polar surface area (TPSA) is 49.9 Å². The van der Waals surface area contributed by atoms with Gasteiger partial charge in [0, 0.05) is 31.3 Å². The van der Waals surface area contributed by atoms with Crippen LogP contribution in [0.1, 0.15) is 35.1 Å². The van der Waals surface area contributed by atoms with E-state index in [9.17, 15) is 9.59 Å². The number of carbonyl (C=O) groups is 2. The van der Waals surface area contributed by atoms with Crippen molar-refractivity contribution in [1.29, 1.82) is 0 Å². The lowest BCUT2D eigenvalue weighted by Gasteiger charge is -2.30. The van der Waals surface area contributed by atoms with E-state index in [4.69, 9.17) is 4.74 Å². The summed E-state index contributed by atoms with van der Waals surface area (Å²) in [6.45, 7) is 5.24. The Kier molecular flexibility index (Phi) is 6.52. The third-order valence-corrected chi connectivity index (χ3v) is 3.40. The van der Waals surface area contributed by atoms with E-state index in [1.807, 2.05) is 0 Å². The number of benzene rings is 1. The number of Topliss-reactive ketones (excluding diaryl/α,β-unsaturated/α-hetero) is 1. The number of morpholine rings is 1. The van der Waals surface area contributed by atoms with Crippen molar-refractivity contribution in [3.63, 3.8) is 0 Å². The summed E-state index contributed by atoms with van der Waals surface area (Å²) in [6.07, 6.45) is 0. The highest BCUT2D eigenvalue weighted by atomic mass is 16.5. The van der Waals surface area contributed by atoms with E-state index in [2.05, 4.69) is 4.90 Å². The molecule has 0 aromatic heterocycles. The van der Waals surface area contributed by atoms with Gasteiger partial charge in [0.05, 0.1) is 19.9 Å². The quantitative estimate of drug-likeness (QED) is 0.795. The highest BCUT2D eigenvalue weighted by molar-refractivity contribution is 5.97. The fourth-order valence-corrected chi connectivity index (χ4v) is 2.17. The van der Waals surface area contributed by atoms with Crippen molar-refractivity contribution >= 4 is 11.7 Å². The Balaban J connectivity index is 0.00000220. The molecule has 5 heteroatoms. The summed E-state index contributed by atoms with van der Waals surface area (Å²) >= 11 is 0. The van der Waals surface area contributed by atoms with Gasteiger partial charge in [0.2, 0.25) is 0 Å². The average molecular weight is 292 g/mol. The van der Waals surface area contributed by atoms with Crippen molar-refractivity contribution in [3.8, 4) is 0 Å². The van der Waals surface area contributed by atoms with Crippen LogP contribution in [0.3, 0.4) is 0 Å². The highest BCUT2D eigenvalue weighted by Gasteiger charge is 2.17. The minimum Gasteiger partial charge on any atom is -0.379 e. The van der Waals surface area contributed by atoms with Crippen LogP contribution in [0.5, 0.6) is 0 Å². The maximum absolute atomic E-state index is 12.3. The van der Waals surface area contributed by atoms with Gasteiger partial charge in [-0.1, -0.05) is 19.6 Å². The molecular formula is C16H24N2O3. The minimum absolute atomic E-state index is 0. The molecule has 2 rings (SSSR count). The van der Waals surface area contributed by atoms with Gasteiger partial charge in [-0.25, -0.2) is 0 Å². The van der Waals surface area contributed by atoms with Crippen LogP contribution in [-0.4, -0.2) is 61.5 Å². The molecule has 0 atom stereocenters. The number of ether oxygens (including phenoxy) is 1. The van der Waals surface area contributed by atoms with Crippen LogP contribution in [-0.2, 0) is 4.74 Å². The van der Waals surface area contributed by atoms with Crippen molar-refractivity contribution in [2.24, 2.45) is 0 Å². The Labute approximate surface area is 126 Å². The monoisotopic (exact) mass is 292 g/mol. The summed E-state index contributed by atoms with van der Waals surface area (Å²) in [6, 6.07) is 6.79. The molecule has 1 fully saturated rings. The summed E-state index contributed by atoms with van der Waals surface area (Å²) in [7, 11) is 1.79. The van der Waals surface area contributed by atoms with Gasteiger partial charge in [0.15, 0.2) is 5.78 Å². The van der Waals surface area contributed by atoms with Gasteiger partial charge in [-0.3, -0.25) is 14.5 Å². The zero-order chi connectivity index (χ0) is 14.5. The molecule has 1 aromatic rings. The van der Waals surface area contributed by atoms with Gasteiger partial charge >= 0.3 is 0 Å². The van der Waals surface area contributed by atoms with Crippen LogP contribution >= 0.6 is 0 Å². The fraction of sp³-hybridized carbons (Fsp3) is 0.500. The van der Waals surface area contributed by atoms with Crippen LogP contribution in [0.15, 0.2) is 24.3 Å². The Hall–Kier alpha value is -1.72. The maximum Gasteiger partial charge on any atom is 0.254 e. The molecule has 0 spiro atoms. The summed E-state index contributed by atoms with van der Waals surface area (Å²) < 4.78 is 5.28. The standard InChI is InChI=1S/C15H20N2O3.CH4/c1-12(18)13-3-5-14(6-4-13)15(19)16(2)11-17-7-9-20-10-8-17;/h3-6H,7-11H2,1-2H3;1H4. The second-order valence-corrected chi connectivity index (χ2v) is 5.01. The molecule has 0 unspecified atom stereocenters. The largest absolute Gasteiger partial charge is 0.379 e. The number of rotatable bonds is 4. The summed E-state index contributed by atoms with van der Waals surface area (Å²) in [5, 5.41) is 0. The first-order chi connectivity index (χ1) is 9.58. The Bertz CT molecular complexity index is 479. The first-order valence-electron chi connectivity index (χ1n) is 6.74. The van der Waals surface area contributed by atoms with E-state index in [1.165, 1.54) is 6.92 Å². The molecule has 0 bridgehead atoms. The van der Waals surface area contributed by atoms with Gasteiger partial charge in [0.25, 0.3) is 5.91 Å². The molecule has 1 saturated heterocycles. The van der Waals surface area contributed by atoms with E-state index >= 15 is 0 Å². The molecular weight excluding hydrogens is 268 g/mol. The third-order valence-electron chi connectivity index (χ3n) is 3.40. The van der Waals surface area contributed by atoms with E-state index in [0.717, 1.165) is 26.3 Å². The molecule has 5 nitrogen and oxygen atoms in total. The van der Waals surface area contributed by atoms with Gasteiger partial charge in [-0.05, 0) is 19.1 Å². The second-order valence-electron chi connectivity index (χ2n) is 5.01. The first-order valence-corrected chi connectivity index (χ1v) is 6.74. The number of amides is 1. The van der Waals surface area contributed by atoms with Crippen molar-refractivity contribution in [2.45, 2.75) is 14.4 Å². The third kappa shape index (κ3) is 4.65. The van der Waals surface area contributed by atoms with Crippen LogP contribution in [0, 0.1) is 0 Å². The molecule has 116 valence electrons. The average Bonchev–Trinajstić information content (AvgIpc) is 2.47. The Morgan fingerprint density at radius 1 is 1.14 bits per heavy atom. The summed E-state index contributed by atoms with van der Waals surface area (Å²) in [5.41, 5.74) is 1.23. The zero-order valence-electron chi connectivity index (χ0n) is 12.0. The van der Waals surface area contributed by atoms with Crippen molar-refractivity contribution < 1.29 is 14.3 Å². The lowest BCUT2D eigenvalue weighted by atomic mass is 10.1. The van der Waals surface area contributed by atoms with Gasteiger partial charge < -0.3 is 9.64 Å². The lowest BCUT2D eigenvalue weighted by Crippen LogP contribution is -2.44. The Morgan fingerprint density at radius 2 is 1.67 bits per heavy atom. The zero-order valence-corrected chi connectivity index (χ0v) is 12.0. The van der Waals surface area contributed by atoms with E-state index in [1.54, 1.807) is 36.2 Å². The minimum atomic E-state index is -0.0356. The molecule has 0 saturated carbocycles. The molecule has 0 radical (unpaired) electrons. The van der Waals surface area contributed by atoms with Crippen LogP contribution in [0.4, 0.5) is 0 Å². The van der Waals surface area contributed by atoms with Crippen molar-refractivity contribution in [1.82, 2.24) is 9.80 Å². The normalized spacial score (nSPS) is 15.1.